The number of carboxylic acid groups (broad SMARTS) is 1. The van der Waals surface area contributed by atoms with Crippen LogP contribution in [-0.4, -0.2) is 16.2 Å². The second-order valence-corrected chi connectivity index (χ2v) is 3.19. The summed E-state index contributed by atoms with van der Waals surface area (Å²) in [5, 5.41) is 12.3. The standard InChI is InChI=1S/C9H13NO3/c1-6(9(11)12)3-4-8-5-10-13-7(8)2/h5-6H,3-4H2,1-2H3,(H,11,12). The van der Waals surface area contributed by atoms with Gasteiger partial charge >= 0.3 is 5.97 Å². The van der Waals surface area contributed by atoms with E-state index in [9.17, 15) is 4.79 Å². The van der Waals surface area contributed by atoms with Crippen LogP contribution in [0.4, 0.5) is 0 Å². The van der Waals surface area contributed by atoms with Crippen molar-refractivity contribution in [2.24, 2.45) is 5.92 Å². The Morgan fingerprint density at radius 1 is 1.77 bits per heavy atom. The molecule has 1 aromatic rings. The lowest BCUT2D eigenvalue weighted by Gasteiger charge is -2.03. The van der Waals surface area contributed by atoms with Crippen molar-refractivity contribution in [1.82, 2.24) is 5.16 Å². The van der Waals surface area contributed by atoms with Gasteiger partial charge in [-0.15, -0.1) is 0 Å². The van der Waals surface area contributed by atoms with E-state index in [2.05, 4.69) is 5.16 Å². The normalized spacial score (nSPS) is 12.8. The van der Waals surface area contributed by atoms with Gasteiger partial charge in [0.1, 0.15) is 5.76 Å². The number of aryl methyl sites for hydroxylation is 2. The summed E-state index contributed by atoms with van der Waals surface area (Å²) in [5.74, 6) is -0.291. The Labute approximate surface area is 76.5 Å². The van der Waals surface area contributed by atoms with Crippen molar-refractivity contribution in [2.45, 2.75) is 26.7 Å². The highest BCUT2D eigenvalue weighted by Gasteiger charge is 2.12. The SMILES string of the molecule is Cc1oncc1CCC(C)C(=O)O. The van der Waals surface area contributed by atoms with Gasteiger partial charge in [-0.25, -0.2) is 0 Å². The number of hydrogen-bond donors (Lipinski definition) is 1. The highest BCUT2D eigenvalue weighted by atomic mass is 16.5. The van der Waals surface area contributed by atoms with Gasteiger partial charge in [0.2, 0.25) is 0 Å². The second-order valence-electron chi connectivity index (χ2n) is 3.19. The number of carboxylic acids is 1. The lowest BCUT2D eigenvalue weighted by molar-refractivity contribution is -0.141. The van der Waals surface area contributed by atoms with Crippen molar-refractivity contribution in [3.63, 3.8) is 0 Å². The lowest BCUT2D eigenvalue weighted by Crippen LogP contribution is -2.10. The van der Waals surface area contributed by atoms with Crippen LogP contribution in [0.1, 0.15) is 24.7 Å². The van der Waals surface area contributed by atoms with Crippen molar-refractivity contribution < 1.29 is 14.4 Å². The van der Waals surface area contributed by atoms with Crippen LogP contribution in [0.3, 0.4) is 0 Å². The van der Waals surface area contributed by atoms with Crippen LogP contribution in [0.5, 0.6) is 0 Å². The van der Waals surface area contributed by atoms with E-state index in [1.807, 2.05) is 6.92 Å². The van der Waals surface area contributed by atoms with E-state index in [0.29, 0.717) is 12.8 Å². The first-order valence-corrected chi connectivity index (χ1v) is 4.24. The second kappa shape index (κ2) is 4.07. The molecule has 1 rings (SSSR count). The fraction of sp³-hybridized carbons (Fsp3) is 0.556. The average Bonchev–Trinajstić information content (AvgIpc) is 2.47. The van der Waals surface area contributed by atoms with Gasteiger partial charge in [-0.05, 0) is 19.8 Å². The fourth-order valence-corrected chi connectivity index (χ4v) is 1.05. The number of nitrogens with zero attached hydrogens (tertiary/aromatic N) is 1. The van der Waals surface area contributed by atoms with Crippen LogP contribution < -0.4 is 0 Å². The molecular weight excluding hydrogens is 170 g/mol. The zero-order valence-electron chi connectivity index (χ0n) is 7.78. The highest BCUT2D eigenvalue weighted by molar-refractivity contribution is 5.69. The third-order valence-electron chi connectivity index (χ3n) is 2.12. The Morgan fingerprint density at radius 2 is 2.46 bits per heavy atom. The predicted molar refractivity (Wildman–Crippen MR) is 46.4 cm³/mol. The fourth-order valence-electron chi connectivity index (χ4n) is 1.05. The molecule has 0 amide bonds. The summed E-state index contributed by atoms with van der Waals surface area (Å²) in [6.07, 6.45) is 2.98. The first kappa shape index (κ1) is 9.77. The molecule has 0 radical (unpaired) electrons. The number of aliphatic carboxylic acids is 1. The third-order valence-corrected chi connectivity index (χ3v) is 2.12. The Hall–Kier alpha value is -1.32. The summed E-state index contributed by atoms with van der Waals surface area (Å²) < 4.78 is 4.86. The summed E-state index contributed by atoms with van der Waals surface area (Å²) in [6.45, 7) is 3.53. The molecule has 0 aliphatic rings. The van der Waals surface area contributed by atoms with E-state index in [4.69, 9.17) is 9.63 Å². The van der Waals surface area contributed by atoms with Gasteiger partial charge in [0.05, 0.1) is 12.1 Å². The van der Waals surface area contributed by atoms with Gasteiger partial charge in [0.25, 0.3) is 0 Å². The van der Waals surface area contributed by atoms with Gasteiger partial charge in [0, 0.05) is 5.56 Å². The molecule has 0 aliphatic heterocycles. The molecule has 1 N–H and O–H groups in total. The molecule has 1 atom stereocenters. The average molecular weight is 183 g/mol. The quantitative estimate of drug-likeness (QED) is 0.770. The van der Waals surface area contributed by atoms with Crippen molar-refractivity contribution in [2.75, 3.05) is 0 Å². The van der Waals surface area contributed by atoms with Gasteiger partial charge < -0.3 is 9.63 Å². The molecule has 0 aromatic carbocycles. The summed E-state index contributed by atoms with van der Waals surface area (Å²) in [6, 6.07) is 0. The molecule has 0 fully saturated rings. The zero-order valence-corrected chi connectivity index (χ0v) is 7.78. The number of aromatic nitrogens is 1. The number of hydrogen-bond acceptors (Lipinski definition) is 3. The van der Waals surface area contributed by atoms with E-state index in [1.54, 1.807) is 13.1 Å². The molecule has 72 valence electrons. The predicted octanol–water partition coefficient (Wildman–Crippen LogP) is 1.64. The van der Waals surface area contributed by atoms with Crippen LogP contribution in [0.25, 0.3) is 0 Å². The minimum absolute atomic E-state index is 0.311. The molecule has 0 saturated carbocycles. The Kier molecular flexibility index (Phi) is 3.06. The molecule has 0 saturated heterocycles. The smallest absolute Gasteiger partial charge is 0.306 e. The van der Waals surface area contributed by atoms with Gasteiger partial charge in [-0.1, -0.05) is 12.1 Å². The number of carbonyl (C=O) groups is 1. The van der Waals surface area contributed by atoms with Crippen molar-refractivity contribution >= 4 is 5.97 Å². The monoisotopic (exact) mass is 183 g/mol. The largest absolute Gasteiger partial charge is 0.481 e. The van der Waals surface area contributed by atoms with Crippen LogP contribution >= 0.6 is 0 Å². The molecule has 4 heteroatoms. The highest BCUT2D eigenvalue weighted by Crippen LogP contribution is 2.12. The molecular formula is C9H13NO3. The maximum absolute atomic E-state index is 10.5. The topological polar surface area (TPSA) is 63.3 Å². The first-order valence-electron chi connectivity index (χ1n) is 4.24. The summed E-state index contributed by atoms with van der Waals surface area (Å²) in [7, 11) is 0. The van der Waals surface area contributed by atoms with Crippen LogP contribution in [0.15, 0.2) is 10.7 Å². The first-order chi connectivity index (χ1) is 6.11. The molecule has 0 bridgehead atoms. The van der Waals surface area contributed by atoms with Crippen LogP contribution in [-0.2, 0) is 11.2 Å². The number of rotatable bonds is 4. The summed E-state index contributed by atoms with van der Waals surface area (Å²) in [5.41, 5.74) is 0.994. The van der Waals surface area contributed by atoms with Gasteiger partial charge in [0.15, 0.2) is 0 Å². The molecule has 0 spiro atoms. The van der Waals surface area contributed by atoms with E-state index in [0.717, 1.165) is 11.3 Å². The summed E-state index contributed by atoms with van der Waals surface area (Å²) in [4.78, 5) is 10.5. The molecule has 1 heterocycles. The molecule has 4 nitrogen and oxygen atoms in total. The maximum atomic E-state index is 10.5. The Morgan fingerprint density at radius 3 is 2.92 bits per heavy atom. The Bertz CT molecular complexity index is 293. The molecule has 0 aliphatic carbocycles. The van der Waals surface area contributed by atoms with Gasteiger partial charge in [-0.2, -0.15) is 0 Å². The van der Waals surface area contributed by atoms with Crippen LogP contribution in [0.2, 0.25) is 0 Å². The molecule has 1 unspecified atom stereocenters. The Balaban J connectivity index is 2.44. The maximum Gasteiger partial charge on any atom is 0.306 e. The molecule has 1 aromatic heterocycles. The molecule has 13 heavy (non-hydrogen) atoms. The van der Waals surface area contributed by atoms with Crippen molar-refractivity contribution in [1.29, 1.82) is 0 Å². The van der Waals surface area contributed by atoms with Crippen molar-refractivity contribution in [3.8, 4) is 0 Å². The van der Waals surface area contributed by atoms with Crippen molar-refractivity contribution in [3.05, 3.63) is 17.5 Å². The van der Waals surface area contributed by atoms with E-state index < -0.39 is 5.97 Å². The zero-order chi connectivity index (χ0) is 9.84. The van der Waals surface area contributed by atoms with Gasteiger partial charge in [-0.3, -0.25) is 4.79 Å². The summed E-state index contributed by atoms with van der Waals surface area (Å²) >= 11 is 0. The van der Waals surface area contributed by atoms with E-state index in [1.165, 1.54) is 0 Å². The minimum atomic E-state index is -0.755. The van der Waals surface area contributed by atoms with E-state index >= 15 is 0 Å². The van der Waals surface area contributed by atoms with Crippen LogP contribution in [0, 0.1) is 12.8 Å². The third kappa shape index (κ3) is 2.57. The lowest BCUT2D eigenvalue weighted by atomic mass is 10.0. The minimum Gasteiger partial charge on any atom is -0.481 e. The van der Waals surface area contributed by atoms with E-state index in [-0.39, 0.29) is 5.92 Å².